The van der Waals surface area contributed by atoms with Crippen LogP contribution in [0.4, 0.5) is 9.18 Å². The molecule has 0 saturated heterocycles. The zero-order valence-corrected chi connectivity index (χ0v) is 14.6. The zero-order chi connectivity index (χ0) is 18.5. The number of carbonyl (C=O) groups excluding carboxylic acids is 1. The molecule has 1 heterocycles. The maximum Gasteiger partial charge on any atom is 0.318 e. The number of rotatable bonds is 5. The molecule has 3 rings (SSSR count). The molecule has 0 saturated carbocycles. The van der Waals surface area contributed by atoms with Crippen LogP contribution in [0.5, 0.6) is 5.75 Å². The lowest BCUT2D eigenvalue weighted by Gasteiger charge is -2.26. The molecule has 2 aromatic carbocycles. The molecule has 0 radical (unpaired) electrons. The van der Waals surface area contributed by atoms with Crippen LogP contribution < -0.4 is 10.1 Å². The first-order valence-corrected chi connectivity index (χ1v) is 8.53. The summed E-state index contributed by atoms with van der Waals surface area (Å²) in [4.78, 5) is 14.2. The van der Waals surface area contributed by atoms with Gasteiger partial charge in [0.2, 0.25) is 0 Å². The van der Waals surface area contributed by atoms with Crippen LogP contribution in [-0.2, 0) is 6.54 Å². The van der Waals surface area contributed by atoms with Gasteiger partial charge in [0, 0.05) is 24.1 Å². The molecule has 2 amide bonds. The number of hydrogen-bond acceptors (Lipinski definition) is 2. The number of amides is 2. The summed E-state index contributed by atoms with van der Waals surface area (Å²) in [5, 5.41) is 3.02. The van der Waals surface area contributed by atoms with E-state index in [1.807, 2.05) is 31.2 Å². The summed E-state index contributed by atoms with van der Waals surface area (Å²) < 4.78 is 18.8. The van der Waals surface area contributed by atoms with E-state index < -0.39 is 0 Å². The van der Waals surface area contributed by atoms with E-state index in [2.05, 4.69) is 11.2 Å². The summed E-state index contributed by atoms with van der Waals surface area (Å²) in [7, 11) is 0. The van der Waals surface area contributed by atoms with Crippen LogP contribution >= 0.6 is 0 Å². The Morgan fingerprint density at radius 1 is 1.35 bits per heavy atom. The average molecular weight is 352 g/mol. The fourth-order valence-corrected chi connectivity index (χ4v) is 3.11. The van der Waals surface area contributed by atoms with Gasteiger partial charge in [0.25, 0.3) is 0 Å². The molecule has 0 spiro atoms. The molecule has 0 unspecified atom stereocenters. The van der Waals surface area contributed by atoms with Gasteiger partial charge < -0.3 is 15.0 Å². The van der Waals surface area contributed by atoms with Crippen molar-refractivity contribution in [1.82, 2.24) is 10.2 Å². The minimum Gasteiger partial charge on any atom is -0.493 e. The first kappa shape index (κ1) is 17.8. The summed E-state index contributed by atoms with van der Waals surface area (Å²) >= 11 is 0. The van der Waals surface area contributed by atoms with E-state index in [0.717, 1.165) is 16.9 Å². The van der Waals surface area contributed by atoms with Crippen molar-refractivity contribution in [3.05, 3.63) is 65.5 Å². The van der Waals surface area contributed by atoms with E-state index in [1.165, 1.54) is 17.0 Å². The Labute approximate surface area is 153 Å². The predicted octanol–water partition coefficient (Wildman–Crippen LogP) is 3.54. The van der Waals surface area contributed by atoms with Gasteiger partial charge in [-0.25, -0.2) is 9.18 Å². The number of para-hydroxylation sites is 1. The molecular formula is C21H21FN2O2. The third-order valence-corrected chi connectivity index (χ3v) is 4.55. The number of hydrogen-bond donors (Lipinski definition) is 1. The SMILES string of the molecule is C#CCN(Cc1ccc(F)cc1)C(=O)N[C@@H](C)[C@H]1COc2ccccc21. The second kappa shape index (κ2) is 7.92. The number of carbonyl (C=O) groups is 1. The Morgan fingerprint density at radius 2 is 2.08 bits per heavy atom. The lowest BCUT2D eigenvalue weighted by atomic mass is 9.94. The Kier molecular flexibility index (Phi) is 5.43. The average Bonchev–Trinajstić information content (AvgIpc) is 3.07. The normalized spacial score (nSPS) is 16.1. The summed E-state index contributed by atoms with van der Waals surface area (Å²) in [5.74, 6) is 3.15. The van der Waals surface area contributed by atoms with E-state index in [-0.39, 0.29) is 30.4 Å². The molecule has 1 aliphatic rings. The smallest absolute Gasteiger partial charge is 0.318 e. The summed E-state index contributed by atoms with van der Waals surface area (Å²) in [6, 6.07) is 13.5. The van der Waals surface area contributed by atoms with Gasteiger partial charge in [-0.1, -0.05) is 36.3 Å². The Bertz CT molecular complexity index is 814. The standard InChI is InChI=1S/C21H21FN2O2/c1-3-12-24(13-16-8-10-17(22)11-9-16)21(25)23-15(2)19-14-26-20-7-5-4-6-18(19)20/h1,4-11,15,19H,12-14H2,2H3,(H,23,25)/t15-,19+/m0/s1. The summed E-state index contributed by atoms with van der Waals surface area (Å²) in [5.41, 5.74) is 1.92. The Morgan fingerprint density at radius 3 is 2.81 bits per heavy atom. The molecule has 0 aromatic heterocycles. The molecule has 0 aliphatic carbocycles. The first-order chi connectivity index (χ1) is 12.6. The number of halogens is 1. The highest BCUT2D eigenvalue weighted by Gasteiger charge is 2.30. The van der Waals surface area contributed by atoms with Gasteiger partial charge in [-0.3, -0.25) is 0 Å². The summed E-state index contributed by atoms with van der Waals surface area (Å²) in [6.07, 6.45) is 5.41. The molecule has 0 fully saturated rings. The van der Waals surface area contributed by atoms with Crippen molar-refractivity contribution >= 4 is 6.03 Å². The van der Waals surface area contributed by atoms with E-state index in [4.69, 9.17) is 11.2 Å². The lowest BCUT2D eigenvalue weighted by Crippen LogP contribution is -2.46. The fraction of sp³-hybridized carbons (Fsp3) is 0.286. The van der Waals surface area contributed by atoms with E-state index >= 15 is 0 Å². The quantitative estimate of drug-likeness (QED) is 0.837. The van der Waals surface area contributed by atoms with Crippen LogP contribution in [0.25, 0.3) is 0 Å². The highest BCUT2D eigenvalue weighted by atomic mass is 19.1. The maximum absolute atomic E-state index is 13.1. The second-order valence-electron chi connectivity index (χ2n) is 6.38. The van der Waals surface area contributed by atoms with Crippen LogP contribution in [0.2, 0.25) is 0 Å². The molecule has 134 valence electrons. The molecule has 2 aromatic rings. The largest absolute Gasteiger partial charge is 0.493 e. The third kappa shape index (κ3) is 3.97. The molecule has 2 atom stereocenters. The molecular weight excluding hydrogens is 331 g/mol. The third-order valence-electron chi connectivity index (χ3n) is 4.55. The van der Waals surface area contributed by atoms with Crippen LogP contribution in [0, 0.1) is 18.2 Å². The van der Waals surface area contributed by atoms with Gasteiger partial charge >= 0.3 is 6.03 Å². The van der Waals surface area contributed by atoms with Crippen molar-refractivity contribution in [3.8, 4) is 18.1 Å². The topological polar surface area (TPSA) is 41.6 Å². The highest BCUT2D eigenvalue weighted by Crippen LogP contribution is 2.35. The highest BCUT2D eigenvalue weighted by molar-refractivity contribution is 5.75. The van der Waals surface area contributed by atoms with E-state index in [9.17, 15) is 9.18 Å². The molecule has 4 nitrogen and oxygen atoms in total. The monoisotopic (exact) mass is 352 g/mol. The second-order valence-corrected chi connectivity index (χ2v) is 6.38. The number of nitrogens with one attached hydrogen (secondary N) is 1. The van der Waals surface area contributed by atoms with E-state index in [0.29, 0.717) is 13.2 Å². The molecule has 0 bridgehead atoms. The zero-order valence-electron chi connectivity index (χ0n) is 14.6. The number of nitrogens with zero attached hydrogens (tertiary/aromatic N) is 1. The molecule has 26 heavy (non-hydrogen) atoms. The van der Waals surface area contributed by atoms with Crippen molar-refractivity contribution in [2.24, 2.45) is 0 Å². The van der Waals surface area contributed by atoms with Gasteiger partial charge in [0.15, 0.2) is 0 Å². The van der Waals surface area contributed by atoms with Crippen LogP contribution in [0.1, 0.15) is 24.0 Å². The predicted molar refractivity (Wildman–Crippen MR) is 98.3 cm³/mol. The minimum atomic E-state index is -0.310. The van der Waals surface area contributed by atoms with Gasteiger partial charge in [0.1, 0.15) is 11.6 Å². The summed E-state index contributed by atoms with van der Waals surface area (Å²) in [6.45, 7) is 2.99. The van der Waals surface area contributed by atoms with E-state index in [1.54, 1.807) is 12.1 Å². The first-order valence-electron chi connectivity index (χ1n) is 8.53. The van der Waals surface area contributed by atoms with Gasteiger partial charge in [-0.2, -0.15) is 0 Å². The number of terminal acetylenes is 1. The van der Waals surface area contributed by atoms with Gasteiger partial charge in [-0.05, 0) is 30.7 Å². The van der Waals surface area contributed by atoms with Crippen molar-refractivity contribution in [2.75, 3.05) is 13.2 Å². The number of ether oxygens (including phenoxy) is 1. The molecule has 1 N–H and O–H groups in total. The van der Waals surface area contributed by atoms with Gasteiger partial charge in [0.05, 0.1) is 13.2 Å². The number of fused-ring (bicyclic) bond motifs is 1. The Balaban J connectivity index is 1.66. The lowest BCUT2D eigenvalue weighted by molar-refractivity contribution is 0.195. The van der Waals surface area contributed by atoms with Gasteiger partial charge in [-0.15, -0.1) is 6.42 Å². The minimum absolute atomic E-state index is 0.0913. The van der Waals surface area contributed by atoms with Crippen LogP contribution in [0.15, 0.2) is 48.5 Å². The van der Waals surface area contributed by atoms with Crippen molar-refractivity contribution in [3.63, 3.8) is 0 Å². The number of benzene rings is 2. The van der Waals surface area contributed by atoms with Crippen LogP contribution in [-0.4, -0.2) is 30.1 Å². The van der Waals surface area contributed by atoms with Crippen molar-refractivity contribution < 1.29 is 13.9 Å². The Hall–Kier alpha value is -3.00. The maximum atomic E-state index is 13.1. The molecule has 5 heteroatoms. The van der Waals surface area contributed by atoms with Crippen LogP contribution in [0.3, 0.4) is 0 Å². The van der Waals surface area contributed by atoms with Crippen molar-refractivity contribution in [1.29, 1.82) is 0 Å². The molecule has 1 aliphatic heterocycles. The number of urea groups is 1. The van der Waals surface area contributed by atoms with Crippen molar-refractivity contribution in [2.45, 2.75) is 25.4 Å². The fourth-order valence-electron chi connectivity index (χ4n) is 3.11.